The Bertz CT molecular complexity index is 748. The van der Waals surface area contributed by atoms with Crippen LogP contribution in [0.3, 0.4) is 0 Å². The van der Waals surface area contributed by atoms with E-state index in [9.17, 15) is 4.39 Å². The molecule has 0 aliphatic carbocycles. The predicted octanol–water partition coefficient (Wildman–Crippen LogP) is 4.65. The van der Waals surface area contributed by atoms with Crippen molar-refractivity contribution in [2.75, 3.05) is 0 Å². The normalized spacial score (nSPS) is 12.8. The lowest BCUT2D eigenvalue weighted by molar-refractivity contribution is 0.568. The lowest BCUT2D eigenvalue weighted by Crippen LogP contribution is -2.08. The van der Waals surface area contributed by atoms with Crippen LogP contribution < -0.4 is 5.73 Å². The Morgan fingerprint density at radius 3 is 2.70 bits per heavy atom. The van der Waals surface area contributed by atoms with Crippen LogP contribution in [0.1, 0.15) is 24.9 Å². The highest BCUT2D eigenvalue weighted by Gasteiger charge is 2.11. The fourth-order valence-corrected chi connectivity index (χ4v) is 2.33. The first-order valence-electron chi connectivity index (χ1n) is 6.73. The lowest BCUT2D eigenvalue weighted by atomic mass is 10.0. The molecule has 0 saturated heterocycles. The van der Waals surface area contributed by atoms with Crippen LogP contribution in [0, 0.1) is 5.82 Å². The molecule has 0 saturated carbocycles. The molecule has 1 unspecified atom stereocenters. The monoisotopic (exact) mass is 269 g/mol. The summed E-state index contributed by atoms with van der Waals surface area (Å²) in [4.78, 5) is 0. The summed E-state index contributed by atoms with van der Waals surface area (Å²) in [6.45, 7) is 2.05. The van der Waals surface area contributed by atoms with Gasteiger partial charge in [-0.2, -0.15) is 0 Å². The summed E-state index contributed by atoms with van der Waals surface area (Å²) < 4.78 is 19.3. The van der Waals surface area contributed by atoms with Gasteiger partial charge in [0.2, 0.25) is 0 Å². The highest BCUT2D eigenvalue weighted by molar-refractivity contribution is 5.83. The van der Waals surface area contributed by atoms with Crippen molar-refractivity contribution >= 4 is 11.0 Å². The molecule has 3 rings (SSSR count). The summed E-state index contributed by atoms with van der Waals surface area (Å²) in [5, 5.41) is 0.769. The van der Waals surface area contributed by atoms with Gasteiger partial charge < -0.3 is 10.2 Å². The van der Waals surface area contributed by atoms with Gasteiger partial charge in [-0.25, -0.2) is 4.39 Å². The summed E-state index contributed by atoms with van der Waals surface area (Å²) in [7, 11) is 0. The van der Waals surface area contributed by atoms with Gasteiger partial charge in [0.1, 0.15) is 5.76 Å². The van der Waals surface area contributed by atoms with Gasteiger partial charge in [0, 0.05) is 17.0 Å². The molecule has 1 heterocycles. The van der Waals surface area contributed by atoms with Crippen LogP contribution in [0.15, 0.2) is 52.9 Å². The standard InChI is InChI=1S/C17H16FNO/c1-2-15(19)11-5-3-6-12(9-11)16-10-13-7-4-8-14(18)17(13)20-16/h3-10,15H,2,19H2,1H3. The number of furan rings is 1. The van der Waals surface area contributed by atoms with E-state index in [0.29, 0.717) is 11.3 Å². The van der Waals surface area contributed by atoms with Crippen LogP contribution in [0.4, 0.5) is 4.39 Å². The van der Waals surface area contributed by atoms with Gasteiger partial charge in [-0.3, -0.25) is 0 Å². The number of hydrogen-bond acceptors (Lipinski definition) is 2. The maximum Gasteiger partial charge on any atom is 0.170 e. The Morgan fingerprint density at radius 2 is 1.95 bits per heavy atom. The molecule has 2 aromatic carbocycles. The van der Waals surface area contributed by atoms with Crippen LogP contribution in [0.2, 0.25) is 0 Å². The highest BCUT2D eigenvalue weighted by atomic mass is 19.1. The molecule has 0 bridgehead atoms. The molecule has 20 heavy (non-hydrogen) atoms. The van der Waals surface area contributed by atoms with E-state index in [4.69, 9.17) is 10.2 Å². The molecular formula is C17H16FNO. The molecule has 0 spiro atoms. The van der Waals surface area contributed by atoms with Crippen molar-refractivity contribution in [1.29, 1.82) is 0 Å². The van der Waals surface area contributed by atoms with Crippen LogP contribution >= 0.6 is 0 Å². The smallest absolute Gasteiger partial charge is 0.170 e. The quantitative estimate of drug-likeness (QED) is 0.751. The molecule has 0 amide bonds. The molecule has 0 aliphatic rings. The van der Waals surface area contributed by atoms with E-state index >= 15 is 0 Å². The summed E-state index contributed by atoms with van der Waals surface area (Å²) in [6, 6.07) is 14.7. The molecule has 1 atom stereocenters. The third-order valence-corrected chi connectivity index (χ3v) is 3.54. The molecule has 3 heteroatoms. The second-order valence-electron chi connectivity index (χ2n) is 4.91. The first-order valence-corrected chi connectivity index (χ1v) is 6.73. The summed E-state index contributed by atoms with van der Waals surface area (Å²) >= 11 is 0. The number of nitrogens with two attached hydrogens (primary N) is 1. The van der Waals surface area contributed by atoms with E-state index in [0.717, 1.165) is 22.9 Å². The Labute approximate surface area is 117 Å². The zero-order chi connectivity index (χ0) is 14.1. The van der Waals surface area contributed by atoms with Crippen molar-refractivity contribution in [2.24, 2.45) is 5.73 Å². The van der Waals surface area contributed by atoms with E-state index in [1.165, 1.54) is 6.07 Å². The topological polar surface area (TPSA) is 39.2 Å². The second-order valence-corrected chi connectivity index (χ2v) is 4.91. The number of halogens is 1. The number of para-hydroxylation sites is 1. The largest absolute Gasteiger partial charge is 0.453 e. The summed E-state index contributed by atoms with van der Waals surface area (Å²) in [5.41, 5.74) is 8.33. The molecule has 1 aromatic heterocycles. The lowest BCUT2D eigenvalue weighted by Gasteiger charge is -2.09. The van der Waals surface area contributed by atoms with Crippen molar-refractivity contribution in [3.63, 3.8) is 0 Å². The van der Waals surface area contributed by atoms with Gasteiger partial charge in [-0.15, -0.1) is 0 Å². The number of benzene rings is 2. The second kappa shape index (κ2) is 5.10. The molecule has 0 radical (unpaired) electrons. The van der Waals surface area contributed by atoms with E-state index in [-0.39, 0.29) is 11.9 Å². The van der Waals surface area contributed by atoms with Crippen molar-refractivity contribution < 1.29 is 8.81 Å². The molecule has 102 valence electrons. The van der Waals surface area contributed by atoms with Crippen LogP contribution in [-0.4, -0.2) is 0 Å². The van der Waals surface area contributed by atoms with Gasteiger partial charge in [-0.1, -0.05) is 37.3 Å². The van der Waals surface area contributed by atoms with Crippen molar-refractivity contribution in [2.45, 2.75) is 19.4 Å². The average molecular weight is 269 g/mol. The molecular weight excluding hydrogens is 253 g/mol. The minimum Gasteiger partial charge on any atom is -0.453 e. The van der Waals surface area contributed by atoms with Crippen LogP contribution in [0.5, 0.6) is 0 Å². The zero-order valence-electron chi connectivity index (χ0n) is 11.3. The average Bonchev–Trinajstić information content (AvgIpc) is 2.92. The van der Waals surface area contributed by atoms with Crippen LogP contribution in [0.25, 0.3) is 22.3 Å². The first-order chi connectivity index (χ1) is 9.69. The number of hydrogen-bond donors (Lipinski definition) is 1. The van der Waals surface area contributed by atoms with Gasteiger partial charge in [0.15, 0.2) is 11.4 Å². The summed E-state index contributed by atoms with van der Waals surface area (Å²) in [5.74, 6) is 0.324. The minimum atomic E-state index is -0.338. The van der Waals surface area contributed by atoms with Gasteiger partial charge in [0.05, 0.1) is 0 Å². The number of rotatable bonds is 3. The Morgan fingerprint density at radius 1 is 1.15 bits per heavy atom. The highest BCUT2D eigenvalue weighted by Crippen LogP contribution is 2.30. The van der Waals surface area contributed by atoms with E-state index in [2.05, 4.69) is 0 Å². The summed E-state index contributed by atoms with van der Waals surface area (Å²) in [6.07, 6.45) is 0.873. The molecule has 2 nitrogen and oxygen atoms in total. The van der Waals surface area contributed by atoms with E-state index in [1.807, 2.05) is 43.3 Å². The third kappa shape index (κ3) is 2.21. The molecule has 2 N–H and O–H groups in total. The van der Waals surface area contributed by atoms with Crippen LogP contribution in [-0.2, 0) is 0 Å². The fraction of sp³-hybridized carbons (Fsp3) is 0.176. The SMILES string of the molecule is CCC(N)c1cccc(-c2cc3cccc(F)c3o2)c1. The fourth-order valence-electron chi connectivity index (χ4n) is 2.33. The van der Waals surface area contributed by atoms with Crippen molar-refractivity contribution in [1.82, 2.24) is 0 Å². The van der Waals surface area contributed by atoms with E-state index in [1.54, 1.807) is 6.07 Å². The van der Waals surface area contributed by atoms with Crippen molar-refractivity contribution in [3.8, 4) is 11.3 Å². The maximum atomic E-state index is 13.7. The maximum absolute atomic E-state index is 13.7. The molecule has 0 aliphatic heterocycles. The van der Waals surface area contributed by atoms with Gasteiger partial charge in [0.25, 0.3) is 0 Å². The predicted molar refractivity (Wildman–Crippen MR) is 78.8 cm³/mol. The van der Waals surface area contributed by atoms with Crippen molar-refractivity contribution in [3.05, 3.63) is 59.9 Å². The first kappa shape index (κ1) is 12.9. The van der Waals surface area contributed by atoms with Gasteiger partial charge in [-0.05, 0) is 30.2 Å². The Balaban J connectivity index is 2.09. The third-order valence-electron chi connectivity index (χ3n) is 3.54. The Hall–Kier alpha value is -2.13. The molecule has 0 fully saturated rings. The molecule has 3 aromatic rings. The zero-order valence-corrected chi connectivity index (χ0v) is 11.3. The van der Waals surface area contributed by atoms with E-state index < -0.39 is 0 Å². The minimum absolute atomic E-state index is 0.0102. The number of fused-ring (bicyclic) bond motifs is 1. The van der Waals surface area contributed by atoms with Gasteiger partial charge >= 0.3 is 0 Å². The Kier molecular flexibility index (Phi) is 3.28.